The molecule has 1 aromatic carbocycles. The monoisotopic (exact) mass is 283 g/mol. The molecule has 0 aromatic heterocycles. The lowest BCUT2D eigenvalue weighted by Gasteiger charge is -2.23. The Morgan fingerprint density at radius 3 is 2.11 bits per heavy atom. The molecule has 0 radical (unpaired) electrons. The van der Waals surface area contributed by atoms with Crippen molar-refractivity contribution in [2.75, 3.05) is 11.9 Å². The van der Waals surface area contributed by atoms with Crippen molar-refractivity contribution in [2.24, 2.45) is 0 Å². The second-order valence-corrected chi connectivity index (χ2v) is 8.25. The summed E-state index contributed by atoms with van der Waals surface area (Å²) in [5, 5.41) is 0.0762. The van der Waals surface area contributed by atoms with Gasteiger partial charge in [-0.25, -0.2) is 0 Å². The van der Waals surface area contributed by atoms with Gasteiger partial charge in [0.15, 0.2) is 0 Å². The Kier molecular flexibility index (Phi) is 5.17. The zero-order valence-electron chi connectivity index (χ0n) is 11.9. The maximum atomic E-state index is 12.2. The second kappa shape index (κ2) is 6.02. The minimum atomic E-state index is 0.0762. The number of carbonyl (C=O) groups excluding carboxylic acids is 1. The Hall–Kier alpha value is -0.610. The molecule has 0 aliphatic carbocycles. The van der Waals surface area contributed by atoms with Crippen LogP contribution in [0.5, 0.6) is 0 Å². The molecule has 0 bridgehead atoms. The van der Waals surface area contributed by atoms with Crippen molar-refractivity contribution in [3.05, 3.63) is 29.3 Å². The lowest BCUT2D eigenvalue weighted by molar-refractivity contribution is 0.266. The smallest absolute Gasteiger partial charge is 0.296 e. The zero-order valence-corrected chi connectivity index (χ0v) is 13.5. The van der Waals surface area contributed by atoms with Crippen LogP contribution >= 0.6 is 21.6 Å². The van der Waals surface area contributed by atoms with E-state index in [-0.39, 0.29) is 9.99 Å². The molecule has 0 atom stereocenters. The molecule has 0 saturated heterocycles. The molecule has 0 N–H and O–H groups in total. The van der Waals surface area contributed by atoms with Gasteiger partial charge in [0.1, 0.15) is 0 Å². The molecule has 1 amide bonds. The number of hydrogen-bond donors (Lipinski definition) is 0. The van der Waals surface area contributed by atoms with Crippen LogP contribution in [-0.2, 0) is 0 Å². The molecule has 0 saturated carbocycles. The Morgan fingerprint density at radius 2 is 1.67 bits per heavy atom. The third kappa shape index (κ3) is 4.25. The standard InChI is InChI=1S/C14H21NOS2/c1-10-8-7-9-11(2)12(10)15(6)13(16)17-18-14(3,4)5/h7-9H,1-6H3. The normalized spacial score (nSPS) is 11.4. The van der Waals surface area contributed by atoms with Crippen molar-refractivity contribution in [3.8, 4) is 0 Å². The molecule has 0 heterocycles. The number of aryl methyl sites for hydroxylation is 2. The fourth-order valence-electron chi connectivity index (χ4n) is 1.64. The van der Waals surface area contributed by atoms with E-state index in [1.165, 1.54) is 10.8 Å². The highest BCUT2D eigenvalue weighted by Gasteiger charge is 2.19. The summed E-state index contributed by atoms with van der Waals surface area (Å²) in [6.07, 6.45) is 0. The van der Waals surface area contributed by atoms with Gasteiger partial charge in [0.2, 0.25) is 0 Å². The molecular weight excluding hydrogens is 262 g/mol. The molecule has 0 fully saturated rings. The molecule has 1 rings (SSSR count). The first-order valence-electron chi connectivity index (χ1n) is 5.92. The summed E-state index contributed by atoms with van der Waals surface area (Å²) in [5.74, 6) is 0. The van der Waals surface area contributed by atoms with Gasteiger partial charge < -0.3 is 4.90 Å². The van der Waals surface area contributed by atoms with Crippen molar-refractivity contribution >= 4 is 32.5 Å². The van der Waals surface area contributed by atoms with E-state index in [1.54, 1.807) is 15.7 Å². The topological polar surface area (TPSA) is 20.3 Å². The third-order valence-corrected chi connectivity index (χ3v) is 5.59. The highest BCUT2D eigenvalue weighted by Crippen LogP contribution is 2.38. The van der Waals surface area contributed by atoms with E-state index in [1.807, 2.05) is 39.1 Å². The van der Waals surface area contributed by atoms with E-state index in [9.17, 15) is 4.79 Å². The van der Waals surface area contributed by atoms with Gasteiger partial charge in [0.25, 0.3) is 5.24 Å². The van der Waals surface area contributed by atoms with Crippen molar-refractivity contribution in [3.63, 3.8) is 0 Å². The first kappa shape index (κ1) is 15.4. The summed E-state index contributed by atoms with van der Waals surface area (Å²) in [7, 11) is 4.75. The maximum Gasteiger partial charge on any atom is 0.296 e. The molecule has 0 aliphatic heterocycles. The van der Waals surface area contributed by atoms with Crippen LogP contribution in [0.3, 0.4) is 0 Å². The molecular formula is C14H21NOS2. The predicted octanol–water partition coefficient (Wildman–Crippen LogP) is 5.04. The fourth-order valence-corrected chi connectivity index (χ4v) is 3.47. The summed E-state index contributed by atoms with van der Waals surface area (Å²) < 4.78 is 0.0853. The number of carbonyl (C=O) groups is 1. The fraction of sp³-hybridized carbons (Fsp3) is 0.500. The number of anilines is 1. The number of nitrogens with zero attached hydrogens (tertiary/aromatic N) is 1. The minimum Gasteiger partial charge on any atom is -0.305 e. The zero-order chi connectivity index (χ0) is 13.9. The van der Waals surface area contributed by atoms with Crippen molar-refractivity contribution < 1.29 is 4.79 Å². The van der Waals surface area contributed by atoms with Gasteiger partial charge in [-0.3, -0.25) is 4.79 Å². The molecule has 0 aliphatic rings. The summed E-state index contributed by atoms with van der Waals surface area (Å²) in [5.41, 5.74) is 3.28. The molecule has 2 nitrogen and oxygen atoms in total. The number of rotatable bonds is 2. The largest absolute Gasteiger partial charge is 0.305 e. The van der Waals surface area contributed by atoms with E-state index < -0.39 is 0 Å². The van der Waals surface area contributed by atoms with Gasteiger partial charge in [0.05, 0.1) is 0 Å². The van der Waals surface area contributed by atoms with Crippen LogP contribution in [0.1, 0.15) is 31.9 Å². The number of para-hydroxylation sites is 1. The van der Waals surface area contributed by atoms with E-state index in [4.69, 9.17) is 0 Å². The summed E-state index contributed by atoms with van der Waals surface area (Å²) in [6.45, 7) is 10.4. The average Bonchev–Trinajstić information content (AvgIpc) is 2.24. The molecule has 4 heteroatoms. The lowest BCUT2D eigenvalue weighted by Crippen LogP contribution is -2.23. The van der Waals surface area contributed by atoms with Crippen LogP contribution in [0.2, 0.25) is 0 Å². The highest BCUT2D eigenvalue weighted by molar-refractivity contribution is 8.82. The quantitative estimate of drug-likeness (QED) is 0.709. The summed E-state index contributed by atoms with van der Waals surface area (Å²) in [6, 6.07) is 6.09. The molecule has 100 valence electrons. The van der Waals surface area contributed by atoms with Crippen molar-refractivity contribution in [1.82, 2.24) is 0 Å². The third-order valence-electron chi connectivity index (χ3n) is 2.41. The lowest BCUT2D eigenvalue weighted by atomic mass is 10.1. The van der Waals surface area contributed by atoms with Crippen LogP contribution in [0.4, 0.5) is 10.5 Å². The van der Waals surface area contributed by atoms with Crippen molar-refractivity contribution in [2.45, 2.75) is 39.4 Å². The van der Waals surface area contributed by atoms with Gasteiger partial charge >= 0.3 is 0 Å². The SMILES string of the molecule is Cc1cccc(C)c1N(C)C(=O)SSC(C)(C)C. The van der Waals surface area contributed by atoms with Gasteiger partial charge in [-0.05, 0) is 25.0 Å². The van der Waals surface area contributed by atoms with Crippen LogP contribution < -0.4 is 4.90 Å². The van der Waals surface area contributed by atoms with Crippen LogP contribution in [0, 0.1) is 13.8 Å². The van der Waals surface area contributed by atoms with Gasteiger partial charge in [-0.15, -0.1) is 0 Å². The van der Waals surface area contributed by atoms with Crippen LogP contribution in [-0.4, -0.2) is 17.0 Å². The molecule has 1 aromatic rings. The first-order chi connectivity index (χ1) is 8.22. The Labute approximate surface area is 118 Å². The predicted molar refractivity (Wildman–Crippen MR) is 84.7 cm³/mol. The Balaban J connectivity index is 2.81. The van der Waals surface area contributed by atoms with Crippen molar-refractivity contribution in [1.29, 1.82) is 0 Å². The number of amides is 1. The average molecular weight is 283 g/mol. The van der Waals surface area contributed by atoms with Gasteiger partial charge in [-0.1, -0.05) is 49.8 Å². The van der Waals surface area contributed by atoms with Gasteiger partial charge in [0, 0.05) is 28.3 Å². The second-order valence-electron chi connectivity index (χ2n) is 5.34. The number of benzene rings is 1. The highest BCUT2D eigenvalue weighted by atomic mass is 33.1. The van der Waals surface area contributed by atoms with E-state index >= 15 is 0 Å². The maximum absolute atomic E-state index is 12.2. The first-order valence-corrected chi connectivity index (χ1v) is 8.07. The van der Waals surface area contributed by atoms with Gasteiger partial charge in [-0.2, -0.15) is 0 Å². The van der Waals surface area contributed by atoms with E-state index in [0.29, 0.717) is 0 Å². The van der Waals surface area contributed by atoms with E-state index in [2.05, 4.69) is 20.8 Å². The van der Waals surface area contributed by atoms with Crippen LogP contribution in [0.15, 0.2) is 18.2 Å². The minimum absolute atomic E-state index is 0.0762. The van der Waals surface area contributed by atoms with E-state index in [0.717, 1.165) is 16.8 Å². The molecule has 0 spiro atoms. The van der Waals surface area contributed by atoms with Crippen LogP contribution in [0.25, 0.3) is 0 Å². The Morgan fingerprint density at radius 1 is 1.17 bits per heavy atom. The summed E-state index contributed by atoms with van der Waals surface area (Å²) >= 11 is 0. The Bertz CT molecular complexity index is 418. The number of hydrogen-bond acceptors (Lipinski definition) is 3. The molecule has 18 heavy (non-hydrogen) atoms. The summed E-state index contributed by atoms with van der Waals surface area (Å²) in [4.78, 5) is 13.9. The molecule has 0 unspecified atom stereocenters.